The number of amides is 1. The topological polar surface area (TPSA) is 42.0 Å². The number of fused-ring (bicyclic) bond motifs is 1. The van der Waals surface area contributed by atoms with Crippen LogP contribution in [0.5, 0.6) is 0 Å². The maximum atomic E-state index is 13.4. The van der Waals surface area contributed by atoms with Crippen LogP contribution in [0.4, 0.5) is 0 Å². The number of halogens is 2. The Balaban J connectivity index is 1.41. The number of para-hydroxylation sites is 1. The standard InChI is InChI=1S/C31H24Cl2N2O/c32-27-16-15-23(19-28(27)33)30-20-26(25-13-7-8-14-29(25)35-30)31(36)34-18-17-24(21-9-3-1-4-10-21)22-11-5-2-6-12-22/h1-16,19-20,24H,17-18H2,(H,34,36). The lowest BCUT2D eigenvalue weighted by Gasteiger charge is -2.19. The van der Waals surface area contributed by atoms with Gasteiger partial charge in [0.15, 0.2) is 0 Å². The molecule has 0 atom stereocenters. The van der Waals surface area contributed by atoms with Crippen molar-refractivity contribution in [3.63, 3.8) is 0 Å². The molecule has 0 saturated carbocycles. The molecule has 4 aromatic carbocycles. The van der Waals surface area contributed by atoms with Crippen LogP contribution < -0.4 is 5.32 Å². The molecule has 5 rings (SSSR count). The first-order valence-corrected chi connectivity index (χ1v) is 12.6. The van der Waals surface area contributed by atoms with Crippen LogP contribution in [-0.2, 0) is 0 Å². The number of pyridine rings is 1. The van der Waals surface area contributed by atoms with Gasteiger partial charge in [0.05, 0.1) is 26.8 Å². The molecule has 0 unspecified atom stereocenters. The highest BCUT2D eigenvalue weighted by Crippen LogP contribution is 2.31. The van der Waals surface area contributed by atoms with Crippen LogP contribution in [0.25, 0.3) is 22.2 Å². The molecule has 0 fully saturated rings. The third-order valence-corrected chi connectivity index (χ3v) is 7.04. The molecule has 0 aliphatic carbocycles. The van der Waals surface area contributed by atoms with Crippen molar-refractivity contribution in [2.75, 3.05) is 6.54 Å². The van der Waals surface area contributed by atoms with Gasteiger partial charge in [-0.2, -0.15) is 0 Å². The lowest BCUT2D eigenvalue weighted by molar-refractivity contribution is 0.0954. The first kappa shape index (κ1) is 24.1. The summed E-state index contributed by atoms with van der Waals surface area (Å²) in [6, 6.07) is 35.7. The average Bonchev–Trinajstić information content (AvgIpc) is 2.93. The Hall–Kier alpha value is -3.66. The van der Waals surface area contributed by atoms with Crippen molar-refractivity contribution in [3.8, 4) is 11.3 Å². The predicted octanol–water partition coefficient (Wildman–Crippen LogP) is 8.16. The number of benzene rings is 4. The summed E-state index contributed by atoms with van der Waals surface area (Å²) < 4.78 is 0. The summed E-state index contributed by atoms with van der Waals surface area (Å²) in [5.41, 5.74) is 5.26. The molecule has 5 heteroatoms. The van der Waals surface area contributed by atoms with Crippen LogP contribution in [0.2, 0.25) is 10.0 Å². The van der Waals surface area contributed by atoms with Crippen molar-refractivity contribution < 1.29 is 4.79 Å². The number of rotatable bonds is 7. The quantitative estimate of drug-likeness (QED) is 0.240. The summed E-state index contributed by atoms with van der Waals surface area (Å²) >= 11 is 12.3. The van der Waals surface area contributed by atoms with Crippen LogP contribution in [0.15, 0.2) is 109 Å². The molecule has 1 amide bonds. The van der Waals surface area contributed by atoms with Crippen LogP contribution in [0, 0.1) is 0 Å². The van der Waals surface area contributed by atoms with Crippen LogP contribution in [0.3, 0.4) is 0 Å². The molecule has 36 heavy (non-hydrogen) atoms. The van der Waals surface area contributed by atoms with Gasteiger partial charge in [-0.15, -0.1) is 0 Å². The lowest BCUT2D eigenvalue weighted by atomic mass is 9.88. The van der Waals surface area contributed by atoms with E-state index in [2.05, 4.69) is 53.8 Å². The Morgan fingerprint density at radius 2 is 1.39 bits per heavy atom. The highest BCUT2D eigenvalue weighted by Gasteiger charge is 2.17. The molecule has 1 aromatic heterocycles. The van der Waals surface area contributed by atoms with E-state index in [1.807, 2.05) is 48.5 Å². The fourth-order valence-corrected chi connectivity index (χ4v) is 4.79. The van der Waals surface area contributed by atoms with Gasteiger partial charge in [0.2, 0.25) is 0 Å². The first-order valence-electron chi connectivity index (χ1n) is 11.8. The Kier molecular flexibility index (Phi) is 7.31. The number of carbonyl (C=O) groups is 1. The first-order chi connectivity index (χ1) is 17.6. The molecule has 0 saturated heterocycles. The van der Waals surface area contributed by atoms with E-state index in [0.29, 0.717) is 27.8 Å². The normalized spacial score (nSPS) is 11.1. The number of carbonyl (C=O) groups excluding carboxylic acids is 1. The van der Waals surface area contributed by atoms with E-state index in [4.69, 9.17) is 28.2 Å². The van der Waals surface area contributed by atoms with Gasteiger partial charge in [0, 0.05) is 23.4 Å². The van der Waals surface area contributed by atoms with Gasteiger partial charge < -0.3 is 5.32 Å². The van der Waals surface area contributed by atoms with Crippen molar-refractivity contribution in [3.05, 3.63) is 136 Å². The molecule has 0 aliphatic rings. The van der Waals surface area contributed by atoms with Crippen LogP contribution in [0.1, 0.15) is 33.8 Å². The van der Waals surface area contributed by atoms with Crippen molar-refractivity contribution >= 4 is 40.0 Å². The Morgan fingerprint density at radius 1 is 0.750 bits per heavy atom. The number of hydrogen-bond donors (Lipinski definition) is 1. The predicted molar refractivity (Wildman–Crippen MR) is 149 cm³/mol. The zero-order chi connectivity index (χ0) is 24.9. The Morgan fingerprint density at radius 3 is 2.06 bits per heavy atom. The zero-order valence-electron chi connectivity index (χ0n) is 19.5. The third-order valence-electron chi connectivity index (χ3n) is 6.30. The number of nitrogens with one attached hydrogen (secondary N) is 1. The minimum Gasteiger partial charge on any atom is -0.352 e. The molecule has 0 bridgehead atoms. The van der Waals surface area contributed by atoms with E-state index in [0.717, 1.165) is 22.9 Å². The fourth-order valence-electron chi connectivity index (χ4n) is 4.49. The molecule has 5 aromatic rings. The van der Waals surface area contributed by atoms with Crippen molar-refractivity contribution in [2.24, 2.45) is 0 Å². The fraction of sp³-hybridized carbons (Fsp3) is 0.0968. The Labute approximate surface area is 220 Å². The zero-order valence-corrected chi connectivity index (χ0v) is 21.0. The van der Waals surface area contributed by atoms with Crippen LogP contribution >= 0.6 is 23.2 Å². The molecular weight excluding hydrogens is 487 g/mol. The summed E-state index contributed by atoms with van der Waals surface area (Å²) in [7, 11) is 0. The summed E-state index contributed by atoms with van der Waals surface area (Å²) in [4.78, 5) is 18.2. The van der Waals surface area contributed by atoms with Gasteiger partial charge in [-0.3, -0.25) is 4.79 Å². The second-order valence-corrected chi connectivity index (χ2v) is 9.43. The second kappa shape index (κ2) is 10.9. The van der Waals surface area contributed by atoms with Gasteiger partial charge in [-0.25, -0.2) is 4.98 Å². The lowest BCUT2D eigenvalue weighted by Crippen LogP contribution is -2.26. The Bertz CT molecular complexity index is 1460. The second-order valence-electron chi connectivity index (χ2n) is 8.62. The molecule has 1 heterocycles. The van der Waals surface area contributed by atoms with E-state index < -0.39 is 0 Å². The molecule has 0 radical (unpaired) electrons. The molecular formula is C31H24Cl2N2O. The SMILES string of the molecule is O=C(NCCC(c1ccccc1)c1ccccc1)c1cc(-c2ccc(Cl)c(Cl)c2)nc2ccccc12. The summed E-state index contributed by atoms with van der Waals surface area (Å²) in [5, 5.41) is 4.88. The largest absolute Gasteiger partial charge is 0.352 e. The number of nitrogens with zero attached hydrogens (tertiary/aromatic N) is 1. The number of aromatic nitrogens is 1. The maximum Gasteiger partial charge on any atom is 0.252 e. The van der Waals surface area contributed by atoms with E-state index >= 15 is 0 Å². The molecule has 3 nitrogen and oxygen atoms in total. The summed E-state index contributed by atoms with van der Waals surface area (Å²) in [6.07, 6.45) is 0.780. The van der Waals surface area contributed by atoms with Gasteiger partial charge in [-0.1, -0.05) is 108 Å². The van der Waals surface area contributed by atoms with E-state index in [9.17, 15) is 4.79 Å². The molecule has 178 valence electrons. The average molecular weight is 511 g/mol. The van der Waals surface area contributed by atoms with E-state index in [1.54, 1.807) is 12.1 Å². The minimum absolute atomic E-state index is 0.130. The van der Waals surface area contributed by atoms with Crippen molar-refractivity contribution in [1.82, 2.24) is 10.3 Å². The van der Waals surface area contributed by atoms with E-state index in [1.165, 1.54) is 11.1 Å². The minimum atomic E-state index is -0.130. The third kappa shape index (κ3) is 5.28. The monoisotopic (exact) mass is 510 g/mol. The van der Waals surface area contributed by atoms with Gasteiger partial charge >= 0.3 is 0 Å². The van der Waals surface area contributed by atoms with Gasteiger partial charge in [0.1, 0.15) is 0 Å². The summed E-state index contributed by atoms with van der Waals surface area (Å²) in [5.74, 6) is 0.0587. The maximum absolute atomic E-state index is 13.4. The van der Waals surface area contributed by atoms with Crippen molar-refractivity contribution in [1.29, 1.82) is 0 Å². The van der Waals surface area contributed by atoms with Gasteiger partial charge in [0.25, 0.3) is 5.91 Å². The van der Waals surface area contributed by atoms with Gasteiger partial charge in [-0.05, 0) is 41.8 Å². The van der Waals surface area contributed by atoms with E-state index in [-0.39, 0.29) is 11.8 Å². The van der Waals surface area contributed by atoms with Crippen molar-refractivity contribution in [2.45, 2.75) is 12.3 Å². The molecule has 0 aliphatic heterocycles. The summed E-state index contributed by atoms with van der Waals surface area (Å²) in [6.45, 7) is 0.534. The highest BCUT2D eigenvalue weighted by atomic mass is 35.5. The molecule has 1 N–H and O–H groups in total. The highest BCUT2D eigenvalue weighted by molar-refractivity contribution is 6.42. The molecule has 0 spiro atoms. The van der Waals surface area contributed by atoms with Crippen LogP contribution in [-0.4, -0.2) is 17.4 Å². The smallest absolute Gasteiger partial charge is 0.252 e. The number of hydrogen-bond acceptors (Lipinski definition) is 2.